The summed E-state index contributed by atoms with van der Waals surface area (Å²) in [6, 6.07) is 13.4. The van der Waals surface area contributed by atoms with E-state index in [2.05, 4.69) is 15.4 Å². The molecule has 0 spiro atoms. The SMILES string of the molecule is NCc1ccc(Cn2nnc(-c3ccccc3)n2)o1. The first-order valence-corrected chi connectivity index (χ1v) is 5.96. The minimum atomic E-state index is 0.389. The molecule has 0 fully saturated rings. The van der Waals surface area contributed by atoms with Crippen molar-refractivity contribution in [2.24, 2.45) is 5.73 Å². The summed E-state index contributed by atoms with van der Waals surface area (Å²) in [7, 11) is 0. The molecule has 6 heteroatoms. The van der Waals surface area contributed by atoms with Crippen LogP contribution < -0.4 is 5.73 Å². The second kappa shape index (κ2) is 5.03. The van der Waals surface area contributed by atoms with Crippen LogP contribution in [0, 0.1) is 0 Å². The fraction of sp³-hybridized carbons (Fsp3) is 0.154. The maximum atomic E-state index is 5.50. The number of benzene rings is 1. The van der Waals surface area contributed by atoms with Crippen molar-refractivity contribution in [2.45, 2.75) is 13.1 Å². The average molecular weight is 255 g/mol. The Bertz CT molecular complexity index is 658. The van der Waals surface area contributed by atoms with Crippen LogP contribution in [0.25, 0.3) is 11.4 Å². The predicted molar refractivity (Wildman–Crippen MR) is 69.0 cm³/mol. The molecule has 0 aliphatic carbocycles. The highest BCUT2D eigenvalue weighted by Gasteiger charge is 2.07. The molecule has 96 valence electrons. The molecule has 19 heavy (non-hydrogen) atoms. The van der Waals surface area contributed by atoms with E-state index in [-0.39, 0.29) is 0 Å². The Hall–Kier alpha value is -2.47. The molecule has 0 amide bonds. The molecule has 3 aromatic rings. The van der Waals surface area contributed by atoms with Gasteiger partial charge in [0.05, 0.1) is 6.54 Å². The van der Waals surface area contributed by atoms with Gasteiger partial charge in [-0.15, -0.1) is 10.2 Å². The lowest BCUT2D eigenvalue weighted by molar-refractivity contribution is 0.427. The van der Waals surface area contributed by atoms with Crippen LogP contribution in [-0.2, 0) is 13.1 Å². The number of nitrogens with zero attached hydrogens (tertiary/aromatic N) is 4. The molecule has 0 radical (unpaired) electrons. The summed E-state index contributed by atoms with van der Waals surface area (Å²) in [6.45, 7) is 0.833. The molecule has 1 aromatic carbocycles. The van der Waals surface area contributed by atoms with Gasteiger partial charge in [-0.05, 0) is 17.3 Å². The van der Waals surface area contributed by atoms with E-state index in [0.717, 1.165) is 17.1 Å². The average Bonchev–Trinajstić information content (AvgIpc) is 3.09. The van der Waals surface area contributed by atoms with Gasteiger partial charge in [0, 0.05) is 5.56 Å². The monoisotopic (exact) mass is 255 g/mol. The molecule has 0 saturated carbocycles. The molecule has 2 heterocycles. The summed E-state index contributed by atoms with van der Waals surface area (Å²) >= 11 is 0. The van der Waals surface area contributed by atoms with Gasteiger partial charge in [0.25, 0.3) is 0 Å². The first-order chi connectivity index (χ1) is 9.35. The molecule has 0 bridgehead atoms. The zero-order valence-electron chi connectivity index (χ0n) is 10.2. The third kappa shape index (κ3) is 2.53. The molecule has 0 aliphatic heterocycles. The van der Waals surface area contributed by atoms with E-state index in [1.807, 2.05) is 42.5 Å². The van der Waals surface area contributed by atoms with Crippen LogP contribution in [0.2, 0.25) is 0 Å². The first kappa shape index (κ1) is 11.6. The molecular formula is C13H13N5O. The highest BCUT2D eigenvalue weighted by molar-refractivity contribution is 5.52. The Kier molecular flexibility index (Phi) is 3.07. The molecule has 0 atom stereocenters. The quantitative estimate of drug-likeness (QED) is 0.762. The van der Waals surface area contributed by atoms with Crippen molar-refractivity contribution in [2.75, 3.05) is 0 Å². The van der Waals surface area contributed by atoms with E-state index >= 15 is 0 Å². The van der Waals surface area contributed by atoms with E-state index in [1.54, 1.807) is 0 Å². The minimum Gasteiger partial charge on any atom is -0.463 e. The molecule has 2 aromatic heterocycles. The van der Waals surface area contributed by atoms with Crippen LogP contribution in [0.15, 0.2) is 46.9 Å². The van der Waals surface area contributed by atoms with Gasteiger partial charge in [0.2, 0.25) is 5.82 Å². The number of furan rings is 1. The Morgan fingerprint density at radius 1 is 1.05 bits per heavy atom. The van der Waals surface area contributed by atoms with Gasteiger partial charge < -0.3 is 10.2 Å². The summed E-state index contributed by atoms with van der Waals surface area (Å²) in [5, 5.41) is 12.3. The zero-order valence-corrected chi connectivity index (χ0v) is 10.2. The van der Waals surface area contributed by atoms with Crippen molar-refractivity contribution in [3.05, 3.63) is 54.0 Å². The third-order valence-corrected chi connectivity index (χ3v) is 2.70. The highest BCUT2D eigenvalue weighted by atomic mass is 16.3. The smallest absolute Gasteiger partial charge is 0.204 e. The maximum absolute atomic E-state index is 5.50. The zero-order chi connectivity index (χ0) is 13.1. The third-order valence-electron chi connectivity index (χ3n) is 2.70. The number of aromatic nitrogens is 4. The van der Waals surface area contributed by atoms with Crippen LogP contribution in [0.4, 0.5) is 0 Å². The Balaban J connectivity index is 1.78. The topological polar surface area (TPSA) is 82.8 Å². The lowest BCUT2D eigenvalue weighted by Gasteiger charge is -1.95. The number of rotatable bonds is 4. The van der Waals surface area contributed by atoms with E-state index in [0.29, 0.717) is 18.9 Å². The molecular weight excluding hydrogens is 242 g/mol. The fourth-order valence-electron chi connectivity index (χ4n) is 1.77. The van der Waals surface area contributed by atoms with Crippen LogP contribution in [-0.4, -0.2) is 20.2 Å². The van der Waals surface area contributed by atoms with Crippen molar-refractivity contribution in [3.63, 3.8) is 0 Å². The Morgan fingerprint density at radius 2 is 1.84 bits per heavy atom. The van der Waals surface area contributed by atoms with E-state index < -0.39 is 0 Å². The summed E-state index contributed by atoms with van der Waals surface area (Å²) < 4.78 is 5.50. The van der Waals surface area contributed by atoms with E-state index in [1.165, 1.54) is 4.80 Å². The van der Waals surface area contributed by atoms with E-state index in [4.69, 9.17) is 10.2 Å². The van der Waals surface area contributed by atoms with Gasteiger partial charge in [0.15, 0.2) is 0 Å². The van der Waals surface area contributed by atoms with Crippen molar-refractivity contribution in [3.8, 4) is 11.4 Å². The maximum Gasteiger partial charge on any atom is 0.204 e. The predicted octanol–water partition coefficient (Wildman–Crippen LogP) is 1.44. The van der Waals surface area contributed by atoms with Crippen molar-refractivity contribution >= 4 is 0 Å². The van der Waals surface area contributed by atoms with Crippen molar-refractivity contribution < 1.29 is 4.42 Å². The van der Waals surface area contributed by atoms with Crippen LogP contribution in [0.1, 0.15) is 11.5 Å². The summed E-state index contributed by atoms with van der Waals surface area (Å²) in [4.78, 5) is 1.50. The van der Waals surface area contributed by atoms with Gasteiger partial charge in [-0.25, -0.2) is 0 Å². The summed E-state index contributed by atoms with van der Waals surface area (Å²) in [5.41, 5.74) is 6.43. The Morgan fingerprint density at radius 3 is 2.58 bits per heavy atom. The first-order valence-electron chi connectivity index (χ1n) is 5.96. The normalized spacial score (nSPS) is 10.8. The van der Waals surface area contributed by atoms with Gasteiger partial charge in [0.1, 0.15) is 18.1 Å². The molecule has 0 unspecified atom stereocenters. The Labute approximate surface area is 109 Å². The second-order valence-corrected chi connectivity index (χ2v) is 4.08. The second-order valence-electron chi connectivity index (χ2n) is 4.08. The lowest BCUT2D eigenvalue weighted by atomic mass is 10.2. The van der Waals surface area contributed by atoms with Crippen LogP contribution >= 0.6 is 0 Å². The molecule has 0 aliphatic rings. The molecule has 3 rings (SSSR count). The van der Waals surface area contributed by atoms with Crippen LogP contribution in [0.5, 0.6) is 0 Å². The standard InChI is InChI=1S/C13H13N5O/c14-8-11-6-7-12(19-11)9-18-16-13(15-17-18)10-4-2-1-3-5-10/h1-7H,8-9,14H2. The number of nitrogens with two attached hydrogens (primary N) is 1. The van der Waals surface area contributed by atoms with Gasteiger partial charge >= 0.3 is 0 Å². The van der Waals surface area contributed by atoms with Gasteiger partial charge in [-0.3, -0.25) is 0 Å². The van der Waals surface area contributed by atoms with Crippen LogP contribution in [0.3, 0.4) is 0 Å². The largest absolute Gasteiger partial charge is 0.463 e. The van der Waals surface area contributed by atoms with Crippen molar-refractivity contribution in [1.82, 2.24) is 20.2 Å². The minimum absolute atomic E-state index is 0.389. The lowest BCUT2D eigenvalue weighted by Crippen LogP contribution is -2.03. The van der Waals surface area contributed by atoms with Gasteiger partial charge in [-0.1, -0.05) is 30.3 Å². The number of tetrazole rings is 1. The van der Waals surface area contributed by atoms with Crippen molar-refractivity contribution in [1.29, 1.82) is 0 Å². The number of hydrogen-bond acceptors (Lipinski definition) is 5. The number of hydrogen-bond donors (Lipinski definition) is 1. The summed E-state index contributed by atoms with van der Waals surface area (Å²) in [6.07, 6.45) is 0. The van der Waals surface area contributed by atoms with E-state index in [9.17, 15) is 0 Å². The highest BCUT2D eigenvalue weighted by Crippen LogP contribution is 2.13. The molecule has 6 nitrogen and oxygen atoms in total. The van der Waals surface area contributed by atoms with Gasteiger partial charge in [-0.2, -0.15) is 4.80 Å². The summed E-state index contributed by atoms with van der Waals surface area (Å²) in [5.74, 6) is 2.11. The fourth-order valence-corrected chi connectivity index (χ4v) is 1.77. The molecule has 2 N–H and O–H groups in total. The molecule has 0 saturated heterocycles.